The normalized spacial score (nSPS) is 18.7. The highest BCUT2D eigenvalue weighted by molar-refractivity contribution is 7.92. The van der Waals surface area contributed by atoms with Gasteiger partial charge in [0.05, 0.1) is 39.4 Å². The molecule has 1 fully saturated rings. The third-order valence-electron chi connectivity index (χ3n) is 7.86. The molecule has 228 valence electrons. The lowest BCUT2D eigenvalue weighted by molar-refractivity contribution is -0.143. The first-order valence-electron chi connectivity index (χ1n) is 13.4. The molecule has 2 aliphatic heterocycles. The minimum Gasteiger partial charge on any atom is -0.480 e. The van der Waals surface area contributed by atoms with Crippen LogP contribution in [-0.2, 0) is 21.0 Å². The van der Waals surface area contributed by atoms with Crippen molar-refractivity contribution in [3.63, 3.8) is 0 Å². The Kier molecular flexibility index (Phi) is 8.23. The fourth-order valence-corrected chi connectivity index (χ4v) is 7.47. The molecular weight excluding hydrogens is 610 g/mol. The summed E-state index contributed by atoms with van der Waals surface area (Å²) in [5.74, 6) is -1.54. The van der Waals surface area contributed by atoms with Gasteiger partial charge in [-0.25, -0.2) is 12.8 Å². The Bertz CT molecular complexity index is 1690. The van der Waals surface area contributed by atoms with Crippen LogP contribution in [0.2, 0.25) is 5.02 Å². The molecule has 3 aromatic rings. The second kappa shape index (κ2) is 11.5. The van der Waals surface area contributed by atoms with Crippen molar-refractivity contribution < 1.29 is 35.9 Å². The quantitative estimate of drug-likeness (QED) is 0.255. The fourth-order valence-electron chi connectivity index (χ4n) is 5.61. The van der Waals surface area contributed by atoms with E-state index in [2.05, 4.69) is 0 Å². The number of halogens is 5. The largest absolute Gasteiger partial charge is 0.480 e. The molecule has 2 aliphatic rings. The minimum absolute atomic E-state index is 0.125. The number of anilines is 2. The maximum atomic E-state index is 14.6. The number of allylic oxidation sites excluding steroid dienone is 1. The highest BCUT2D eigenvalue weighted by Crippen LogP contribution is 2.42. The molecule has 2 heterocycles. The van der Waals surface area contributed by atoms with E-state index >= 15 is 0 Å². The molecule has 2 atom stereocenters. The van der Waals surface area contributed by atoms with Crippen LogP contribution >= 0.6 is 11.6 Å². The molecule has 0 saturated carbocycles. The number of alkyl halides is 3. The van der Waals surface area contributed by atoms with Crippen molar-refractivity contribution in [1.82, 2.24) is 4.90 Å². The van der Waals surface area contributed by atoms with Crippen molar-refractivity contribution in [1.29, 1.82) is 0 Å². The van der Waals surface area contributed by atoms with Crippen LogP contribution in [0.15, 0.2) is 65.6 Å². The molecule has 13 heteroatoms. The molecule has 0 unspecified atom stereocenters. The van der Waals surface area contributed by atoms with Crippen LogP contribution < -0.4 is 9.21 Å². The number of fused-ring (bicyclic) bond motifs is 3. The SMILES string of the molecule is C/C(=C\c1ccc2c(c1)N(S(=O)(=O)c1cccc(C(F)(F)F)c1)C[C@@H]1CN([C@@H](C)C(=O)O)CCN21)c1c(F)cccc1Cl. The number of carboxylic acids is 1. The molecule has 0 radical (unpaired) electrons. The van der Waals surface area contributed by atoms with Crippen LogP contribution in [0, 0.1) is 5.82 Å². The summed E-state index contributed by atoms with van der Waals surface area (Å²) in [4.78, 5) is 14.9. The van der Waals surface area contributed by atoms with Gasteiger partial charge in [-0.1, -0.05) is 35.9 Å². The Labute approximate surface area is 251 Å². The van der Waals surface area contributed by atoms with Crippen LogP contribution in [0.4, 0.5) is 28.9 Å². The molecule has 0 aliphatic carbocycles. The molecule has 5 rings (SSSR count). The molecule has 0 amide bonds. The molecule has 1 N–H and O–H groups in total. The summed E-state index contributed by atoms with van der Waals surface area (Å²) >= 11 is 6.24. The fraction of sp³-hybridized carbons (Fsp3) is 0.300. The Morgan fingerprint density at radius 3 is 2.44 bits per heavy atom. The molecule has 0 bridgehead atoms. The lowest BCUT2D eigenvalue weighted by Gasteiger charge is -2.49. The van der Waals surface area contributed by atoms with Crippen molar-refractivity contribution in [3.8, 4) is 0 Å². The van der Waals surface area contributed by atoms with E-state index in [9.17, 15) is 35.9 Å². The predicted octanol–water partition coefficient (Wildman–Crippen LogP) is 6.23. The van der Waals surface area contributed by atoms with Crippen molar-refractivity contribution >= 4 is 50.6 Å². The number of benzene rings is 3. The zero-order valence-electron chi connectivity index (χ0n) is 23.1. The maximum Gasteiger partial charge on any atom is 0.416 e. The zero-order chi connectivity index (χ0) is 31.3. The van der Waals surface area contributed by atoms with Crippen molar-refractivity contribution in [2.24, 2.45) is 0 Å². The van der Waals surface area contributed by atoms with Gasteiger partial charge in [-0.05, 0) is 67.4 Å². The van der Waals surface area contributed by atoms with Crippen LogP contribution in [-0.4, -0.2) is 62.7 Å². The number of piperazine rings is 1. The van der Waals surface area contributed by atoms with E-state index in [4.69, 9.17) is 11.6 Å². The Morgan fingerprint density at radius 1 is 1.05 bits per heavy atom. The molecular formula is C30H28ClF4N3O4S. The minimum atomic E-state index is -4.75. The number of nitrogens with zero attached hydrogens (tertiary/aromatic N) is 3. The average Bonchev–Trinajstić information content (AvgIpc) is 2.95. The second-order valence-corrected chi connectivity index (χ2v) is 12.9. The van der Waals surface area contributed by atoms with Gasteiger partial charge in [0.25, 0.3) is 10.0 Å². The first kappa shape index (κ1) is 30.8. The molecule has 3 aromatic carbocycles. The van der Waals surface area contributed by atoms with Gasteiger partial charge < -0.3 is 10.0 Å². The third kappa shape index (κ3) is 5.96. The lowest BCUT2D eigenvalue weighted by Crippen LogP contribution is -2.62. The van der Waals surface area contributed by atoms with E-state index in [1.165, 1.54) is 12.1 Å². The number of carbonyl (C=O) groups is 1. The van der Waals surface area contributed by atoms with Gasteiger partial charge >= 0.3 is 12.1 Å². The van der Waals surface area contributed by atoms with Crippen LogP contribution in [0.1, 0.15) is 30.5 Å². The van der Waals surface area contributed by atoms with Gasteiger partial charge in [0.1, 0.15) is 11.9 Å². The van der Waals surface area contributed by atoms with Gasteiger partial charge in [-0.15, -0.1) is 0 Å². The number of aliphatic carboxylic acids is 1. The standard InChI is InChI=1S/C30H28ClF4N3O4S/c1-18(28-24(31)7-4-8-25(28)32)13-20-9-10-26-27(14-20)38(17-22-16-36(11-12-37(22)26)19(2)29(39)40)43(41,42)23-6-3-5-21(15-23)30(33,34)35/h3-10,13-15,19,22H,11-12,16-17H2,1-2H3,(H,39,40)/b18-13+/t19-,22-/m0/s1. The van der Waals surface area contributed by atoms with Crippen LogP contribution in [0.25, 0.3) is 11.6 Å². The summed E-state index contributed by atoms with van der Waals surface area (Å²) in [6.07, 6.45) is -3.10. The Hall–Kier alpha value is -3.61. The molecule has 43 heavy (non-hydrogen) atoms. The number of sulfonamides is 1. The van der Waals surface area contributed by atoms with E-state index in [-0.39, 0.29) is 29.4 Å². The van der Waals surface area contributed by atoms with Crippen molar-refractivity contribution in [2.45, 2.75) is 37.0 Å². The van der Waals surface area contributed by atoms with E-state index in [0.717, 1.165) is 22.5 Å². The summed E-state index contributed by atoms with van der Waals surface area (Å²) < 4.78 is 84.2. The van der Waals surface area contributed by atoms with Gasteiger partial charge in [-0.2, -0.15) is 13.2 Å². The van der Waals surface area contributed by atoms with E-state index in [1.807, 2.05) is 4.90 Å². The Morgan fingerprint density at radius 2 is 1.77 bits per heavy atom. The van der Waals surface area contributed by atoms with Gasteiger partial charge in [-0.3, -0.25) is 14.0 Å². The van der Waals surface area contributed by atoms with Crippen molar-refractivity contribution in [2.75, 3.05) is 35.4 Å². The first-order valence-corrected chi connectivity index (χ1v) is 15.2. The topological polar surface area (TPSA) is 81.2 Å². The lowest BCUT2D eigenvalue weighted by atomic mass is 10.0. The summed E-state index contributed by atoms with van der Waals surface area (Å²) in [5, 5.41) is 9.74. The Balaban J connectivity index is 1.61. The molecule has 0 aromatic heterocycles. The number of rotatable bonds is 6. The third-order valence-corrected chi connectivity index (χ3v) is 9.95. The number of hydrogen-bond donors (Lipinski definition) is 1. The maximum absolute atomic E-state index is 14.6. The van der Waals surface area contributed by atoms with E-state index in [0.29, 0.717) is 36.0 Å². The van der Waals surface area contributed by atoms with Gasteiger partial charge in [0, 0.05) is 25.2 Å². The summed E-state index contributed by atoms with van der Waals surface area (Å²) in [7, 11) is -4.50. The first-order chi connectivity index (χ1) is 20.2. The molecule has 0 spiro atoms. The highest BCUT2D eigenvalue weighted by atomic mass is 35.5. The second-order valence-electron chi connectivity index (χ2n) is 10.6. The number of carboxylic acid groups (broad SMARTS) is 1. The number of hydrogen-bond acceptors (Lipinski definition) is 5. The van der Waals surface area contributed by atoms with Crippen LogP contribution in [0.5, 0.6) is 0 Å². The average molecular weight is 638 g/mol. The monoisotopic (exact) mass is 637 g/mol. The zero-order valence-corrected chi connectivity index (χ0v) is 24.7. The van der Waals surface area contributed by atoms with Gasteiger partial charge in [0.15, 0.2) is 0 Å². The smallest absolute Gasteiger partial charge is 0.416 e. The summed E-state index contributed by atoms with van der Waals surface area (Å²) in [6.45, 7) is 4.14. The van der Waals surface area contributed by atoms with E-state index in [1.54, 1.807) is 49.1 Å². The van der Waals surface area contributed by atoms with E-state index < -0.39 is 50.5 Å². The molecule has 1 saturated heterocycles. The van der Waals surface area contributed by atoms with Crippen molar-refractivity contribution in [3.05, 3.63) is 88.2 Å². The predicted molar refractivity (Wildman–Crippen MR) is 157 cm³/mol. The molecule has 7 nitrogen and oxygen atoms in total. The highest BCUT2D eigenvalue weighted by Gasteiger charge is 2.42. The van der Waals surface area contributed by atoms with Gasteiger partial charge in [0.2, 0.25) is 0 Å². The van der Waals surface area contributed by atoms with Crippen LogP contribution in [0.3, 0.4) is 0 Å². The summed E-state index contributed by atoms with van der Waals surface area (Å²) in [6, 6.07) is 11.7. The summed E-state index contributed by atoms with van der Waals surface area (Å²) in [5.41, 5.74) is 0.888.